The summed E-state index contributed by atoms with van der Waals surface area (Å²) in [6.07, 6.45) is 1.79. The first-order valence-electron chi connectivity index (χ1n) is 4.74. The van der Waals surface area contributed by atoms with E-state index in [9.17, 15) is 0 Å². The van der Waals surface area contributed by atoms with Crippen molar-refractivity contribution in [3.05, 3.63) is 42.1 Å². The molecule has 0 atom stereocenters. The molecule has 0 radical (unpaired) electrons. The largest absolute Gasteiger partial charge is 0.399 e. The van der Waals surface area contributed by atoms with Gasteiger partial charge in [0.2, 0.25) is 0 Å². The van der Waals surface area contributed by atoms with Crippen molar-refractivity contribution in [3.8, 4) is 0 Å². The second-order valence-electron chi connectivity index (χ2n) is 3.27. The third-order valence-electron chi connectivity index (χ3n) is 2.25. The van der Waals surface area contributed by atoms with Gasteiger partial charge in [0.1, 0.15) is 7.11 Å². The summed E-state index contributed by atoms with van der Waals surface area (Å²) in [5, 5.41) is 5.01. The van der Waals surface area contributed by atoms with Gasteiger partial charge in [-0.2, -0.15) is 0 Å². The Bertz CT molecular complexity index is 506. The maximum atomic E-state index is 4.74. The SMILES string of the molecule is CO/N=C(\C)c1ccc2ncccc2c1. The molecule has 0 bridgehead atoms. The number of hydrogen-bond donors (Lipinski definition) is 0. The van der Waals surface area contributed by atoms with Crippen molar-refractivity contribution in [1.29, 1.82) is 0 Å². The van der Waals surface area contributed by atoms with Gasteiger partial charge in [0, 0.05) is 11.6 Å². The number of aromatic nitrogens is 1. The van der Waals surface area contributed by atoms with Crippen LogP contribution in [0.3, 0.4) is 0 Å². The quantitative estimate of drug-likeness (QED) is 0.551. The van der Waals surface area contributed by atoms with Crippen molar-refractivity contribution >= 4 is 16.6 Å². The lowest BCUT2D eigenvalue weighted by Crippen LogP contribution is -1.95. The lowest BCUT2D eigenvalue weighted by atomic mass is 10.1. The molecule has 0 amide bonds. The zero-order valence-corrected chi connectivity index (χ0v) is 8.77. The van der Waals surface area contributed by atoms with Crippen molar-refractivity contribution in [2.45, 2.75) is 6.92 Å². The Hall–Kier alpha value is -1.90. The molecular formula is C12H12N2O. The molecule has 0 N–H and O–H groups in total. The Morgan fingerprint density at radius 3 is 3.00 bits per heavy atom. The summed E-state index contributed by atoms with van der Waals surface area (Å²) in [6.45, 7) is 1.92. The van der Waals surface area contributed by atoms with Crippen LogP contribution >= 0.6 is 0 Å². The van der Waals surface area contributed by atoms with E-state index < -0.39 is 0 Å². The van der Waals surface area contributed by atoms with Gasteiger partial charge >= 0.3 is 0 Å². The summed E-state index contributed by atoms with van der Waals surface area (Å²) in [5.41, 5.74) is 2.91. The van der Waals surface area contributed by atoms with Gasteiger partial charge in [0.05, 0.1) is 11.2 Å². The van der Waals surface area contributed by atoms with Gasteiger partial charge < -0.3 is 4.84 Å². The van der Waals surface area contributed by atoms with Crippen LogP contribution in [0.5, 0.6) is 0 Å². The molecule has 0 saturated heterocycles. The van der Waals surface area contributed by atoms with Crippen molar-refractivity contribution < 1.29 is 4.84 Å². The molecule has 0 fully saturated rings. The fraction of sp³-hybridized carbons (Fsp3) is 0.167. The molecule has 0 saturated carbocycles. The van der Waals surface area contributed by atoms with E-state index in [1.54, 1.807) is 13.3 Å². The molecule has 1 heterocycles. The average Bonchev–Trinajstić information content (AvgIpc) is 2.29. The van der Waals surface area contributed by atoms with E-state index in [1.807, 2.05) is 31.2 Å². The molecule has 1 aromatic heterocycles. The first kappa shape index (κ1) is 9.65. The van der Waals surface area contributed by atoms with Crippen LogP contribution in [-0.2, 0) is 4.84 Å². The number of nitrogens with zero attached hydrogens (tertiary/aromatic N) is 2. The summed E-state index contributed by atoms with van der Waals surface area (Å²) >= 11 is 0. The molecule has 1 aromatic carbocycles. The molecule has 0 aliphatic rings. The highest BCUT2D eigenvalue weighted by Crippen LogP contribution is 2.13. The number of hydrogen-bond acceptors (Lipinski definition) is 3. The van der Waals surface area contributed by atoms with Gasteiger partial charge in [-0.05, 0) is 30.7 Å². The van der Waals surface area contributed by atoms with Crippen molar-refractivity contribution in [3.63, 3.8) is 0 Å². The van der Waals surface area contributed by atoms with Crippen LogP contribution in [-0.4, -0.2) is 17.8 Å². The van der Waals surface area contributed by atoms with Gasteiger partial charge in [-0.1, -0.05) is 17.3 Å². The number of fused-ring (bicyclic) bond motifs is 1. The van der Waals surface area contributed by atoms with E-state index in [0.29, 0.717) is 0 Å². The Kier molecular flexibility index (Phi) is 2.63. The molecule has 15 heavy (non-hydrogen) atoms. The molecule has 2 rings (SSSR count). The van der Waals surface area contributed by atoms with Gasteiger partial charge in [-0.25, -0.2) is 0 Å². The minimum Gasteiger partial charge on any atom is -0.399 e. The highest BCUT2D eigenvalue weighted by atomic mass is 16.6. The second kappa shape index (κ2) is 4.09. The molecule has 0 aliphatic carbocycles. The molecule has 0 aliphatic heterocycles. The lowest BCUT2D eigenvalue weighted by molar-refractivity contribution is 0.213. The molecule has 76 valence electrons. The Labute approximate surface area is 88.4 Å². The molecule has 2 aromatic rings. The van der Waals surface area contributed by atoms with Crippen LogP contribution in [0, 0.1) is 0 Å². The number of oxime groups is 1. The average molecular weight is 200 g/mol. The second-order valence-corrected chi connectivity index (χ2v) is 3.27. The summed E-state index contributed by atoms with van der Waals surface area (Å²) in [7, 11) is 1.55. The summed E-state index contributed by atoms with van der Waals surface area (Å²) in [5.74, 6) is 0. The van der Waals surface area contributed by atoms with E-state index >= 15 is 0 Å². The zero-order valence-electron chi connectivity index (χ0n) is 8.77. The van der Waals surface area contributed by atoms with E-state index in [-0.39, 0.29) is 0 Å². The summed E-state index contributed by atoms with van der Waals surface area (Å²) < 4.78 is 0. The predicted octanol–water partition coefficient (Wildman–Crippen LogP) is 2.61. The standard InChI is InChI=1S/C12H12N2O/c1-9(14-15-2)10-5-6-12-11(8-10)4-3-7-13-12/h3-8H,1-2H3/b14-9+. The Morgan fingerprint density at radius 2 is 2.20 bits per heavy atom. The fourth-order valence-electron chi connectivity index (χ4n) is 1.49. The molecule has 0 unspecified atom stereocenters. The topological polar surface area (TPSA) is 34.5 Å². The van der Waals surface area contributed by atoms with Crippen molar-refractivity contribution in [2.24, 2.45) is 5.16 Å². The third-order valence-corrected chi connectivity index (χ3v) is 2.25. The van der Waals surface area contributed by atoms with Crippen LogP contribution < -0.4 is 0 Å². The van der Waals surface area contributed by atoms with E-state index in [4.69, 9.17) is 4.84 Å². The van der Waals surface area contributed by atoms with E-state index in [0.717, 1.165) is 22.2 Å². The normalized spacial score (nSPS) is 11.7. The van der Waals surface area contributed by atoms with Crippen molar-refractivity contribution in [2.75, 3.05) is 7.11 Å². The Balaban J connectivity index is 2.51. The van der Waals surface area contributed by atoms with Crippen LogP contribution in [0.15, 0.2) is 41.7 Å². The molecular weight excluding hydrogens is 188 g/mol. The first-order chi connectivity index (χ1) is 7.31. The van der Waals surface area contributed by atoms with Gasteiger partial charge in [-0.3, -0.25) is 4.98 Å². The van der Waals surface area contributed by atoms with Gasteiger partial charge in [-0.15, -0.1) is 0 Å². The highest BCUT2D eigenvalue weighted by molar-refractivity contribution is 6.01. The Morgan fingerprint density at radius 1 is 1.33 bits per heavy atom. The summed E-state index contributed by atoms with van der Waals surface area (Å²) in [4.78, 5) is 9.00. The minimum atomic E-state index is 0.864. The van der Waals surface area contributed by atoms with Crippen LogP contribution in [0.25, 0.3) is 10.9 Å². The minimum absolute atomic E-state index is 0.864. The van der Waals surface area contributed by atoms with Gasteiger partial charge in [0.15, 0.2) is 0 Å². The molecule has 3 nitrogen and oxygen atoms in total. The predicted molar refractivity (Wildman–Crippen MR) is 61.0 cm³/mol. The molecule has 3 heteroatoms. The first-order valence-corrected chi connectivity index (χ1v) is 4.74. The van der Waals surface area contributed by atoms with Crippen molar-refractivity contribution in [1.82, 2.24) is 4.98 Å². The lowest BCUT2D eigenvalue weighted by Gasteiger charge is -2.01. The van der Waals surface area contributed by atoms with Gasteiger partial charge in [0.25, 0.3) is 0 Å². The number of rotatable bonds is 2. The maximum absolute atomic E-state index is 4.74. The number of benzene rings is 1. The third kappa shape index (κ3) is 1.96. The smallest absolute Gasteiger partial charge is 0.106 e. The molecule has 0 spiro atoms. The van der Waals surface area contributed by atoms with E-state index in [2.05, 4.69) is 16.2 Å². The van der Waals surface area contributed by atoms with E-state index in [1.165, 1.54) is 0 Å². The zero-order chi connectivity index (χ0) is 10.7. The van der Waals surface area contributed by atoms with Crippen LogP contribution in [0.4, 0.5) is 0 Å². The maximum Gasteiger partial charge on any atom is 0.106 e. The highest BCUT2D eigenvalue weighted by Gasteiger charge is 2.00. The van der Waals surface area contributed by atoms with Crippen LogP contribution in [0.2, 0.25) is 0 Å². The fourth-order valence-corrected chi connectivity index (χ4v) is 1.49. The van der Waals surface area contributed by atoms with Crippen LogP contribution in [0.1, 0.15) is 12.5 Å². The number of pyridine rings is 1. The monoisotopic (exact) mass is 200 g/mol. The summed E-state index contributed by atoms with van der Waals surface area (Å²) in [6, 6.07) is 9.99.